The van der Waals surface area contributed by atoms with Gasteiger partial charge >= 0.3 is 0 Å². The molecule has 1 atom stereocenters. The van der Waals surface area contributed by atoms with Crippen LogP contribution in [0.4, 0.5) is 5.82 Å². The molecule has 0 bridgehead atoms. The Morgan fingerprint density at radius 2 is 1.88 bits per heavy atom. The van der Waals surface area contributed by atoms with Gasteiger partial charge in [-0.25, -0.2) is 4.68 Å². The van der Waals surface area contributed by atoms with Crippen molar-refractivity contribution in [3.05, 3.63) is 52.0 Å². The van der Waals surface area contributed by atoms with Crippen molar-refractivity contribution in [3.8, 4) is 5.69 Å². The number of piperazine rings is 1. The number of halogens is 1. The Kier molecular flexibility index (Phi) is 6.64. The van der Waals surface area contributed by atoms with E-state index >= 15 is 0 Å². The van der Waals surface area contributed by atoms with Crippen molar-refractivity contribution in [2.75, 3.05) is 64.4 Å². The van der Waals surface area contributed by atoms with E-state index in [1.165, 1.54) is 5.22 Å². The maximum absolute atomic E-state index is 6.17. The van der Waals surface area contributed by atoms with Crippen LogP contribution >= 0.6 is 11.6 Å². The molecule has 0 radical (unpaired) electrons. The number of likely N-dealkylation sites (N-methyl/N-ethyl adjacent to an activating group) is 1. The molecule has 3 heterocycles. The molecule has 6 nitrogen and oxygen atoms in total. The van der Waals surface area contributed by atoms with Gasteiger partial charge in [0.2, 0.25) is 0 Å². The molecule has 1 aromatic carbocycles. The quantitative estimate of drug-likeness (QED) is 0.706. The molecule has 5 rings (SSSR count). The van der Waals surface area contributed by atoms with Gasteiger partial charge in [0, 0.05) is 56.1 Å². The van der Waals surface area contributed by atoms with Crippen molar-refractivity contribution in [2.45, 2.75) is 18.9 Å². The number of benzene rings is 1. The lowest BCUT2D eigenvalue weighted by Crippen LogP contribution is -2.52. The largest absolute Gasteiger partial charge is 0.373 e. The molecule has 2 saturated heterocycles. The molecule has 32 heavy (non-hydrogen) atoms. The molecule has 0 amide bonds. The van der Waals surface area contributed by atoms with Gasteiger partial charge < -0.3 is 14.5 Å². The minimum Gasteiger partial charge on any atom is -0.373 e. The molecule has 2 aliphatic heterocycles. The average molecular weight is 454 g/mol. The molecule has 1 aromatic heterocycles. The normalized spacial score (nSPS) is 25.7. The molecule has 7 heteroatoms. The van der Waals surface area contributed by atoms with Crippen molar-refractivity contribution in [1.82, 2.24) is 19.6 Å². The van der Waals surface area contributed by atoms with Crippen molar-refractivity contribution < 1.29 is 4.74 Å². The number of fused-ring (bicyclic) bond motifs is 1. The van der Waals surface area contributed by atoms with E-state index in [9.17, 15) is 0 Å². The predicted molar refractivity (Wildman–Crippen MR) is 131 cm³/mol. The Balaban J connectivity index is 1.44. The third kappa shape index (κ3) is 4.79. The monoisotopic (exact) mass is 453 g/mol. The van der Waals surface area contributed by atoms with Gasteiger partial charge in [-0.05, 0) is 50.2 Å². The predicted octanol–water partition coefficient (Wildman–Crippen LogP) is 1.89. The Morgan fingerprint density at radius 3 is 2.69 bits per heavy atom. The first-order chi connectivity index (χ1) is 15.7. The zero-order valence-electron chi connectivity index (χ0n) is 18.8. The van der Waals surface area contributed by atoms with Crippen molar-refractivity contribution in [1.29, 1.82) is 0 Å². The number of ether oxygens (including phenoxy) is 1. The lowest BCUT2D eigenvalue weighted by atomic mass is 10.2. The SMILES string of the molecule is CN1CCN(CC2CN(c3nn(-c4ccc(Cl)cc4)c4/c3=C\C=C/CC/C=4)CCO2)CC1. The number of hydrogen-bond acceptors (Lipinski definition) is 5. The van der Waals surface area contributed by atoms with Crippen LogP contribution in [0, 0.1) is 0 Å². The van der Waals surface area contributed by atoms with Crippen LogP contribution in [0.25, 0.3) is 17.8 Å². The summed E-state index contributed by atoms with van der Waals surface area (Å²) >= 11 is 6.14. The summed E-state index contributed by atoms with van der Waals surface area (Å²) < 4.78 is 8.25. The third-order valence-corrected chi connectivity index (χ3v) is 6.83. The fraction of sp³-hybridized carbons (Fsp3) is 0.480. The van der Waals surface area contributed by atoms with E-state index < -0.39 is 0 Å². The summed E-state index contributed by atoms with van der Waals surface area (Å²) in [6, 6.07) is 7.94. The molecule has 170 valence electrons. The second-order valence-electron chi connectivity index (χ2n) is 8.93. The Morgan fingerprint density at radius 1 is 1.06 bits per heavy atom. The standard InChI is InChI=1S/C25H32ClN5O/c1-28-12-14-29(15-13-28)18-22-19-30(16-17-32-22)25-23-6-4-2-3-5-7-24(23)31(27-25)21-10-8-20(26)9-11-21/h2,4,6-11,22H,3,5,12-19H2,1H3/b4-2-,23-6+,24-7-. The maximum atomic E-state index is 6.17. The zero-order valence-corrected chi connectivity index (χ0v) is 19.5. The fourth-order valence-electron chi connectivity index (χ4n) is 4.72. The van der Waals surface area contributed by atoms with E-state index in [0.717, 1.165) is 87.1 Å². The molecular weight excluding hydrogens is 422 g/mol. The number of anilines is 1. The minimum atomic E-state index is 0.205. The van der Waals surface area contributed by atoms with Crippen LogP contribution in [0.3, 0.4) is 0 Å². The third-order valence-electron chi connectivity index (χ3n) is 6.58. The highest BCUT2D eigenvalue weighted by Gasteiger charge is 2.26. The highest BCUT2D eigenvalue weighted by molar-refractivity contribution is 6.30. The van der Waals surface area contributed by atoms with Crippen LogP contribution in [0.15, 0.2) is 36.4 Å². The summed E-state index contributed by atoms with van der Waals surface area (Å²) in [5.74, 6) is 1.05. The van der Waals surface area contributed by atoms with E-state index in [1.807, 2.05) is 24.3 Å². The van der Waals surface area contributed by atoms with Crippen molar-refractivity contribution in [2.24, 2.45) is 0 Å². The van der Waals surface area contributed by atoms with E-state index in [4.69, 9.17) is 21.4 Å². The van der Waals surface area contributed by atoms with E-state index in [0.29, 0.717) is 0 Å². The lowest BCUT2D eigenvalue weighted by Gasteiger charge is -2.38. The fourth-order valence-corrected chi connectivity index (χ4v) is 4.84. The molecule has 1 unspecified atom stereocenters. The number of aromatic nitrogens is 2. The van der Waals surface area contributed by atoms with Gasteiger partial charge in [0.15, 0.2) is 5.82 Å². The van der Waals surface area contributed by atoms with Crippen LogP contribution in [0.1, 0.15) is 12.8 Å². The summed E-state index contributed by atoms with van der Waals surface area (Å²) in [4.78, 5) is 7.34. The smallest absolute Gasteiger partial charge is 0.159 e. The molecule has 0 N–H and O–H groups in total. The molecule has 1 aliphatic carbocycles. The topological polar surface area (TPSA) is 36.8 Å². The number of nitrogens with zero attached hydrogens (tertiary/aromatic N) is 5. The molecule has 0 spiro atoms. The van der Waals surface area contributed by atoms with Gasteiger partial charge in [-0.15, -0.1) is 5.10 Å². The van der Waals surface area contributed by atoms with Crippen LogP contribution < -0.4 is 15.5 Å². The van der Waals surface area contributed by atoms with Gasteiger partial charge in [0.25, 0.3) is 0 Å². The first kappa shape index (κ1) is 21.7. The minimum absolute atomic E-state index is 0.205. The van der Waals surface area contributed by atoms with Gasteiger partial charge in [-0.3, -0.25) is 4.90 Å². The lowest BCUT2D eigenvalue weighted by molar-refractivity contribution is 0.00657. The summed E-state index contributed by atoms with van der Waals surface area (Å²) in [6.07, 6.45) is 11.2. The summed E-state index contributed by atoms with van der Waals surface area (Å²) in [5.41, 5.74) is 1.04. The van der Waals surface area contributed by atoms with Crippen molar-refractivity contribution >= 4 is 29.6 Å². The highest BCUT2D eigenvalue weighted by Crippen LogP contribution is 2.16. The van der Waals surface area contributed by atoms with Gasteiger partial charge in [-0.1, -0.05) is 29.8 Å². The first-order valence-electron chi connectivity index (χ1n) is 11.7. The number of allylic oxidation sites excluding steroid dienone is 2. The van der Waals surface area contributed by atoms with E-state index in [1.54, 1.807) is 0 Å². The molecule has 2 fully saturated rings. The summed E-state index contributed by atoms with van der Waals surface area (Å²) in [5, 5.41) is 8.21. The second-order valence-corrected chi connectivity index (χ2v) is 9.37. The number of morpholine rings is 1. The van der Waals surface area contributed by atoms with Crippen molar-refractivity contribution in [3.63, 3.8) is 0 Å². The molecular formula is C25H32ClN5O. The van der Waals surface area contributed by atoms with E-state index in [-0.39, 0.29) is 6.10 Å². The van der Waals surface area contributed by atoms with Crippen LogP contribution in [-0.2, 0) is 4.74 Å². The summed E-state index contributed by atoms with van der Waals surface area (Å²) in [7, 11) is 2.20. The highest BCUT2D eigenvalue weighted by atomic mass is 35.5. The second kappa shape index (κ2) is 9.79. The maximum Gasteiger partial charge on any atom is 0.159 e. The van der Waals surface area contributed by atoms with Crippen LogP contribution in [0.2, 0.25) is 5.02 Å². The van der Waals surface area contributed by atoms with E-state index in [2.05, 4.69) is 50.7 Å². The number of rotatable bonds is 4. The summed E-state index contributed by atoms with van der Waals surface area (Å²) in [6.45, 7) is 7.95. The molecule has 2 aromatic rings. The molecule has 3 aliphatic rings. The van der Waals surface area contributed by atoms with Gasteiger partial charge in [0.05, 0.1) is 23.7 Å². The zero-order chi connectivity index (χ0) is 21.9. The van der Waals surface area contributed by atoms with Gasteiger partial charge in [0.1, 0.15) is 0 Å². The Labute approximate surface area is 195 Å². The Hall–Kier alpha value is -2.12. The van der Waals surface area contributed by atoms with Crippen LogP contribution in [0.5, 0.6) is 0 Å². The number of hydrogen-bond donors (Lipinski definition) is 0. The molecule has 0 saturated carbocycles. The van der Waals surface area contributed by atoms with Gasteiger partial charge in [-0.2, -0.15) is 0 Å². The first-order valence-corrected chi connectivity index (χ1v) is 12.0. The van der Waals surface area contributed by atoms with Crippen LogP contribution in [-0.4, -0.2) is 85.2 Å². The average Bonchev–Trinajstić information content (AvgIpc) is 3.13. The Bertz CT molecular complexity index is 1070.